The maximum Gasteiger partial charge on any atom is 0.298 e. The summed E-state index contributed by atoms with van der Waals surface area (Å²) in [4.78, 5) is 10.5. The number of hydrogen-bond acceptors (Lipinski definition) is 3. The van der Waals surface area contributed by atoms with Gasteiger partial charge in [0.1, 0.15) is 11.5 Å². The Morgan fingerprint density at radius 1 is 0.826 bits per heavy atom. The van der Waals surface area contributed by atoms with Crippen LogP contribution in [0, 0.1) is 0 Å². The van der Waals surface area contributed by atoms with Crippen molar-refractivity contribution < 1.29 is 14.3 Å². The Kier molecular flexibility index (Phi) is 4.65. The van der Waals surface area contributed by atoms with E-state index >= 15 is 0 Å². The zero-order chi connectivity index (χ0) is 16.1. The topological polar surface area (TPSA) is 35.5 Å². The molecule has 0 radical (unpaired) electrons. The minimum Gasteiger partial charge on any atom is -0.497 e. The SMILES string of the molecule is COc1ccc(C2(c3ccc(OC=O)cc3)CCCCC2)cc1. The Hall–Kier alpha value is -2.29. The van der Waals surface area contributed by atoms with E-state index in [1.165, 1.54) is 30.4 Å². The molecule has 0 saturated heterocycles. The maximum absolute atomic E-state index is 10.5. The quantitative estimate of drug-likeness (QED) is 0.764. The molecule has 0 spiro atoms. The van der Waals surface area contributed by atoms with Gasteiger partial charge in [-0.3, -0.25) is 4.79 Å². The van der Waals surface area contributed by atoms with Crippen LogP contribution in [-0.4, -0.2) is 13.6 Å². The highest BCUT2D eigenvalue weighted by atomic mass is 16.5. The van der Waals surface area contributed by atoms with Crippen molar-refractivity contribution in [3.63, 3.8) is 0 Å². The first kappa shape index (κ1) is 15.6. The summed E-state index contributed by atoms with van der Waals surface area (Å²) in [6.07, 6.45) is 6.06. The van der Waals surface area contributed by atoms with E-state index in [0.717, 1.165) is 18.6 Å². The summed E-state index contributed by atoms with van der Waals surface area (Å²) in [6, 6.07) is 16.4. The molecule has 0 aromatic heterocycles. The van der Waals surface area contributed by atoms with Gasteiger partial charge in [-0.2, -0.15) is 0 Å². The van der Waals surface area contributed by atoms with Gasteiger partial charge in [-0.1, -0.05) is 43.5 Å². The van der Waals surface area contributed by atoms with Gasteiger partial charge in [0.25, 0.3) is 6.47 Å². The lowest BCUT2D eigenvalue weighted by Gasteiger charge is -2.38. The number of methoxy groups -OCH3 is 1. The van der Waals surface area contributed by atoms with Crippen molar-refractivity contribution in [2.45, 2.75) is 37.5 Å². The zero-order valence-electron chi connectivity index (χ0n) is 13.5. The third-order valence-electron chi connectivity index (χ3n) is 4.94. The molecule has 120 valence electrons. The van der Waals surface area contributed by atoms with Crippen LogP contribution in [0.25, 0.3) is 0 Å². The van der Waals surface area contributed by atoms with Gasteiger partial charge in [0, 0.05) is 5.41 Å². The van der Waals surface area contributed by atoms with Crippen LogP contribution in [0.4, 0.5) is 0 Å². The summed E-state index contributed by atoms with van der Waals surface area (Å²) in [5, 5.41) is 0. The molecule has 0 aliphatic heterocycles. The van der Waals surface area contributed by atoms with Crippen molar-refractivity contribution in [1.82, 2.24) is 0 Å². The predicted molar refractivity (Wildman–Crippen MR) is 90.0 cm³/mol. The smallest absolute Gasteiger partial charge is 0.298 e. The molecule has 1 aliphatic carbocycles. The number of hydrogen-bond donors (Lipinski definition) is 0. The second kappa shape index (κ2) is 6.86. The summed E-state index contributed by atoms with van der Waals surface area (Å²) in [5.74, 6) is 1.47. The van der Waals surface area contributed by atoms with E-state index in [4.69, 9.17) is 9.47 Å². The summed E-state index contributed by atoms with van der Waals surface area (Å²) >= 11 is 0. The van der Waals surface area contributed by atoms with Crippen LogP contribution in [-0.2, 0) is 10.2 Å². The fraction of sp³-hybridized carbons (Fsp3) is 0.350. The average Bonchev–Trinajstić information content (AvgIpc) is 2.63. The fourth-order valence-electron chi connectivity index (χ4n) is 3.72. The fourth-order valence-corrected chi connectivity index (χ4v) is 3.72. The molecule has 0 N–H and O–H groups in total. The van der Waals surface area contributed by atoms with Crippen LogP contribution in [0.15, 0.2) is 48.5 Å². The first-order chi connectivity index (χ1) is 11.3. The molecule has 1 fully saturated rings. The Balaban J connectivity index is 1.99. The van der Waals surface area contributed by atoms with Gasteiger partial charge in [-0.05, 0) is 48.2 Å². The highest BCUT2D eigenvalue weighted by Crippen LogP contribution is 2.45. The van der Waals surface area contributed by atoms with Crippen LogP contribution in [0.5, 0.6) is 11.5 Å². The zero-order valence-corrected chi connectivity index (χ0v) is 13.5. The van der Waals surface area contributed by atoms with Crippen molar-refractivity contribution in [3.8, 4) is 11.5 Å². The second-order valence-electron chi connectivity index (χ2n) is 6.11. The molecule has 1 aliphatic rings. The third-order valence-corrected chi connectivity index (χ3v) is 4.94. The highest BCUT2D eigenvalue weighted by Gasteiger charge is 2.35. The van der Waals surface area contributed by atoms with Crippen LogP contribution >= 0.6 is 0 Å². The van der Waals surface area contributed by atoms with Crippen molar-refractivity contribution in [2.24, 2.45) is 0 Å². The summed E-state index contributed by atoms with van der Waals surface area (Å²) in [6.45, 7) is 0.467. The second-order valence-corrected chi connectivity index (χ2v) is 6.11. The third kappa shape index (κ3) is 3.09. The van der Waals surface area contributed by atoms with Crippen LogP contribution in [0.3, 0.4) is 0 Å². The molecule has 3 heteroatoms. The van der Waals surface area contributed by atoms with Crippen LogP contribution < -0.4 is 9.47 Å². The van der Waals surface area contributed by atoms with Gasteiger partial charge in [-0.15, -0.1) is 0 Å². The van der Waals surface area contributed by atoms with Gasteiger partial charge in [0.05, 0.1) is 7.11 Å². The van der Waals surface area contributed by atoms with E-state index in [1.54, 1.807) is 7.11 Å². The van der Waals surface area contributed by atoms with Gasteiger partial charge in [-0.25, -0.2) is 0 Å². The van der Waals surface area contributed by atoms with E-state index in [2.05, 4.69) is 24.3 Å². The van der Waals surface area contributed by atoms with Crippen molar-refractivity contribution in [3.05, 3.63) is 59.7 Å². The predicted octanol–water partition coefficient (Wildman–Crippen LogP) is 4.48. The molecule has 1 saturated carbocycles. The molecule has 23 heavy (non-hydrogen) atoms. The minimum absolute atomic E-state index is 0.0459. The summed E-state index contributed by atoms with van der Waals surface area (Å²) in [7, 11) is 1.69. The molecular formula is C20H22O3. The lowest BCUT2D eigenvalue weighted by Crippen LogP contribution is -2.30. The van der Waals surface area contributed by atoms with E-state index in [-0.39, 0.29) is 5.41 Å². The van der Waals surface area contributed by atoms with Gasteiger partial charge >= 0.3 is 0 Å². The monoisotopic (exact) mass is 310 g/mol. The molecule has 0 bridgehead atoms. The Morgan fingerprint density at radius 3 is 1.83 bits per heavy atom. The van der Waals surface area contributed by atoms with E-state index in [1.807, 2.05) is 24.3 Å². The normalized spacial score (nSPS) is 16.6. The number of carbonyl (C=O) groups excluding carboxylic acids is 1. The number of benzene rings is 2. The molecule has 0 amide bonds. The van der Waals surface area contributed by atoms with Crippen molar-refractivity contribution in [2.75, 3.05) is 7.11 Å². The molecule has 0 atom stereocenters. The lowest BCUT2D eigenvalue weighted by atomic mass is 9.65. The average molecular weight is 310 g/mol. The van der Waals surface area contributed by atoms with E-state index in [9.17, 15) is 4.79 Å². The van der Waals surface area contributed by atoms with Crippen LogP contribution in [0.2, 0.25) is 0 Å². The van der Waals surface area contributed by atoms with Gasteiger partial charge in [0.2, 0.25) is 0 Å². The number of ether oxygens (including phenoxy) is 2. The van der Waals surface area contributed by atoms with Crippen molar-refractivity contribution >= 4 is 6.47 Å². The van der Waals surface area contributed by atoms with Crippen LogP contribution in [0.1, 0.15) is 43.2 Å². The van der Waals surface area contributed by atoms with Gasteiger partial charge < -0.3 is 9.47 Å². The lowest BCUT2D eigenvalue weighted by molar-refractivity contribution is -0.120. The highest BCUT2D eigenvalue weighted by molar-refractivity contribution is 5.48. The molecule has 2 aromatic rings. The minimum atomic E-state index is 0.0459. The number of rotatable bonds is 5. The Labute approximate surface area is 137 Å². The Morgan fingerprint density at radius 2 is 1.35 bits per heavy atom. The largest absolute Gasteiger partial charge is 0.497 e. The maximum atomic E-state index is 10.5. The van der Waals surface area contributed by atoms with Crippen molar-refractivity contribution in [1.29, 1.82) is 0 Å². The molecule has 3 rings (SSSR count). The standard InChI is InChI=1S/C20H22O3/c1-22-18-9-5-16(6-10-18)20(13-3-2-4-14-20)17-7-11-19(12-8-17)23-15-21/h5-12,15H,2-4,13-14H2,1H3. The summed E-state index contributed by atoms with van der Waals surface area (Å²) < 4.78 is 10.2. The first-order valence-corrected chi connectivity index (χ1v) is 8.14. The molecule has 0 unspecified atom stereocenters. The molecule has 3 nitrogen and oxygen atoms in total. The molecule has 2 aromatic carbocycles. The van der Waals surface area contributed by atoms with E-state index < -0.39 is 0 Å². The van der Waals surface area contributed by atoms with Gasteiger partial charge in [0.15, 0.2) is 0 Å². The molecular weight excluding hydrogens is 288 g/mol. The summed E-state index contributed by atoms with van der Waals surface area (Å²) in [5.41, 5.74) is 2.67. The Bertz CT molecular complexity index is 638. The number of carbonyl (C=O) groups is 1. The molecule has 0 heterocycles. The van der Waals surface area contributed by atoms with E-state index in [0.29, 0.717) is 12.2 Å². The first-order valence-electron chi connectivity index (χ1n) is 8.14.